The van der Waals surface area contributed by atoms with E-state index in [9.17, 15) is 9.59 Å². The molecule has 2 amide bonds. The highest BCUT2D eigenvalue weighted by Crippen LogP contribution is 2.34. The van der Waals surface area contributed by atoms with Gasteiger partial charge in [0, 0.05) is 24.0 Å². The van der Waals surface area contributed by atoms with Gasteiger partial charge in [-0.25, -0.2) is 0 Å². The van der Waals surface area contributed by atoms with E-state index >= 15 is 0 Å². The summed E-state index contributed by atoms with van der Waals surface area (Å²) in [6.07, 6.45) is 4.76. The van der Waals surface area contributed by atoms with Gasteiger partial charge in [-0.05, 0) is 50.3 Å². The number of thioether (sulfide) groups is 1. The number of carbonyl (C=O) groups is 2. The highest BCUT2D eigenvalue weighted by Gasteiger charge is 2.30. The summed E-state index contributed by atoms with van der Waals surface area (Å²) in [5, 5.41) is 3.64. The molecule has 134 valence electrons. The predicted molar refractivity (Wildman–Crippen MR) is 99.8 cm³/mol. The maximum absolute atomic E-state index is 12.7. The van der Waals surface area contributed by atoms with Crippen molar-refractivity contribution in [1.29, 1.82) is 0 Å². The molecule has 0 atom stereocenters. The van der Waals surface area contributed by atoms with E-state index in [1.54, 1.807) is 16.7 Å². The van der Waals surface area contributed by atoms with E-state index in [2.05, 4.69) is 5.32 Å². The molecular formula is C19H25N3O2S. The lowest BCUT2D eigenvalue weighted by atomic mass is 10.0. The zero-order chi connectivity index (χ0) is 17.2. The first-order chi connectivity index (χ1) is 12.2. The van der Waals surface area contributed by atoms with Gasteiger partial charge in [0.25, 0.3) is 0 Å². The Kier molecular flexibility index (Phi) is 4.99. The number of piperidine rings is 1. The molecule has 6 heteroatoms. The fourth-order valence-corrected chi connectivity index (χ4v) is 4.49. The van der Waals surface area contributed by atoms with Gasteiger partial charge < -0.3 is 15.1 Å². The first-order valence-electron chi connectivity index (χ1n) is 9.24. The Morgan fingerprint density at radius 3 is 2.68 bits per heavy atom. The third-order valence-corrected chi connectivity index (χ3v) is 6.39. The third kappa shape index (κ3) is 4.01. The van der Waals surface area contributed by atoms with Crippen molar-refractivity contribution < 1.29 is 9.59 Å². The minimum atomic E-state index is 0.0260. The standard InChI is InChI=1S/C19H25N3O2S/c23-18(21-9-7-15(8-10-21)20-11-14-5-6-14)12-22-16-3-1-2-4-17(16)25-13-19(22)24/h1-4,14-15,20H,5-13H2. The molecule has 25 heavy (non-hydrogen) atoms. The first kappa shape index (κ1) is 16.9. The third-order valence-electron chi connectivity index (χ3n) is 5.34. The monoisotopic (exact) mass is 359 g/mol. The van der Waals surface area contributed by atoms with Crippen molar-refractivity contribution >= 4 is 29.3 Å². The van der Waals surface area contributed by atoms with Gasteiger partial charge in [-0.2, -0.15) is 0 Å². The largest absolute Gasteiger partial charge is 0.341 e. The van der Waals surface area contributed by atoms with E-state index < -0.39 is 0 Å². The van der Waals surface area contributed by atoms with Crippen LogP contribution in [-0.4, -0.2) is 54.7 Å². The van der Waals surface area contributed by atoms with Crippen LogP contribution >= 0.6 is 11.8 Å². The van der Waals surface area contributed by atoms with Crippen LogP contribution in [-0.2, 0) is 9.59 Å². The molecule has 0 unspecified atom stereocenters. The van der Waals surface area contributed by atoms with Crippen molar-refractivity contribution in [2.75, 3.05) is 36.8 Å². The number of carbonyl (C=O) groups excluding carboxylic acids is 2. The van der Waals surface area contributed by atoms with E-state index in [0.29, 0.717) is 11.8 Å². The molecule has 1 aromatic carbocycles. The van der Waals surface area contributed by atoms with Gasteiger partial charge in [-0.3, -0.25) is 9.59 Å². The Morgan fingerprint density at radius 1 is 1.16 bits per heavy atom. The molecule has 0 aromatic heterocycles. The summed E-state index contributed by atoms with van der Waals surface area (Å²) in [6, 6.07) is 8.38. The number of rotatable bonds is 5. The Balaban J connectivity index is 1.32. The van der Waals surface area contributed by atoms with Crippen molar-refractivity contribution in [2.45, 2.75) is 36.6 Å². The maximum atomic E-state index is 12.7. The van der Waals surface area contributed by atoms with Gasteiger partial charge in [-0.1, -0.05) is 12.1 Å². The van der Waals surface area contributed by atoms with Crippen LogP contribution in [0.15, 0.2) is 29.2 Å². The number of nitrogens with one attached hydrogen (secondary N) is 1. The number of fused-ring (bicyclic) bond motifs is 1. The minimum Gasteiger partial charge on any atom is -0.341 e. The molecule has 2 heterocycles. The molecule has 1 saturated heterocycles. The molecule has 1 saturated carbocycles. The summed E-state index contributed by atoms with van der Waals surface area (Å²) in [5.74, 6) is 1.40. The zero-order valence-corrected chi connectivity index (χ0v) is 15.3. The molecule has 3 aliphatic rings. The number of benzene rings is 1. The van der Waals surface area contributed by atoms with Crippen LogP contribution in [0.2, 0.25) is 0 Å². The lowest BCUT2D eigenvalue weighted by molar-refractivity contribution is -0.132. The van der Waals surface area contributed by atoms with Gasteiger partial charge in [0.15, 0.2) is 0 Å². The average Bonchev–Trinajstić information content (AvgIpc) is 3.47. The summed E-state index contributed by atoms with van der Waals surface area (Å²) in [5.41, 5.74) is 0.873. The molecule has 2 fully saturated rings. The van der Waals surface area contributed by atoms with E-state index in [1.165, 1.54) is 12.8 Å². The average molecular weight is 359 g/mol. The smallest absolute Gasteiger partial charge is 0.242 e. The summed E-state index contributed by atoms with van der Waals surface area (Å²) in [6.45, 7) is 2.88. The number of nitrogens with zero attached hydrogens (tertiary/aromatic N) is 2. The number of hydrogen-bond acceptors (Lipinski definition) is 4. The molecule has 0 spiro atoms. The van der Waals surface area contributed by atoms with Crippen LogP contribution in [0.25, 0.3) is 0 Å². The summed E-state index contributed by atoms with van der Waals surface area (Å²) < 4.78 is 0. The van der Waals surface area contributed by atoms with Gasteiger partial charge in [0.1, 0.15) is 6.54 Å². The van der Waals surface area contributed by atoms with Crippen molar-refractivity contribution in [2.24, 2.45) is 5.92 Å². The second-order valence-electron chi connectivity index (χ2n) is 7.24. The summed E-state index contributed by atoms with van der Waals surface area (Å²) in [7, 11) is 0. The van der Waals surface area contributed by atoms with E-state index in [4.69, 9.17) is 0 Å². The predicted octanol–water partition coefficient (Wildman–Crippen LogP) is 2.12. The normalized spacial score (nSPS) is 21.4. The van der Waals surface area contributed by atoms with Crippen molar-refractivity contribution in [3.63, 3.8) is 0 Å². The van der Waals surface area contributed by atoms with Crippen LogP contribution in [0.4, 0.5) is 5.69 Å². The minimum absolute atomic E-state index is 0.0260. The topological polar surface area (TPSA) is 52.7 Å². The lowest BCUT2D eigenvalue weighted by Crippen LogP contribution is -2.49. The highest BCUT2D eigenvalue weighted by atomic mass is 32.2. The molecule has 5 nitrogen and oxygen atoms in total. The Labute approximate surface area is 153 Å². The summed E-state index contributed by atoms with van der Waals surface area (Å²) in [4.78, 5) is 29.7. The number of para-hydroxylation sites is 1. The number of amides is 2. The van der Waals surface area contributed by atoms with Crippen LogP contribution in [0.3, 0.4) is 0 Å². The van der Waals surface area contributed by atoms with Crippen LogP contribution in [0.1, 0.15) is 25.7 Å². The molecular weight excluding hydrogens is 334 g/mol. The fourth-order valence-electron chi connectivity index (χ4n) is 3.55. The van der Waals surface area contributed by atoms with E-state index in [0.717, 1.165) is 49.0 Å². The molecule has 0 bridgehead atoms. The van der Waals surface area contributed by atoms with Gasteiger partial charge in [0.05, 0.1) is 11.4 Å². The van der Waals surface area contributed by atoms with Crippen LogP contribution < -0.4 is 10.2 Å². The first-order valence-corrected chi connectivity index (χ1v) is 10.2. The Morgan fingerprint density at radius 2 is 1.92 bits per heavy atom. The molecule has 1 N–H and O–H groups in total. The number of anilines is 1. The van der Waals surface area contributed by atoms with Gasteiger partial charge in [0.2, 0.25) is 11.8 Å². The Hall–Kier alpha value is -1.53. The van der Waals surface area contributed by atoms with Crippen molar-refractivity contribution in [1.82, 2.24) is 10.2 Å². The Bertz CT molecular complexity index is 654. The van der Waals surface area contributed by atoms with Crippen LogP contribution in [0.5, 0.6) is 0 Å². The molecule has 1 aliphatic carbocycles. The lowest BCUT2D eigenvalue weighted by Gasteiger charge is -2.35. The molecule has 0 radical (unpaired) electrons. The maximum Gasteiger partial charge on any atom is 0.242 e. The number of hydrogen-bond donors (Lipinski definition) is 1. The van der Waals surface area contributed by atoms with E-state index in [1.807, 2.05) is 29.2 Å². The zero-order valence-electron chi connectivity index (χ0n) is 14.4. The fraction of sp³-hybridized carbons (Fsp3) is 0.579. The van der Waals surface area contributed by atoms with Gasteiger partial charge >= 0.3 is 0 Å². The van der Waals surface area contributed by atoms with Crippen molar-refractivity contribution in [3.8, 4) is 0 Å². The van der Waals surface area contributed by atoms with Crippen LogP contribution in [0, 0.1) is 5.92 Å². The second kappa shape index (κ2) is 7.38. The van der Waals surface area contributed by atoms with Crippen molar-refractivity contribution in [3.05, 3.63) is 24.3 Å². The second-order valence-corrected chi connectivity index (χ2v) is 8.26. The molecule has 1 aromatic rings. The van der Waals surface area contributed by atoms with Gasteiger partial charge in [-0.15, -0.1) is 11.8 Å². The van der Waals surface area contributed by atoms with E-state index in [-0.39, 0.29) is 18.4 Å². The molecule has 2 aliphatic heterocycles. The molecule has 4 rings (SSSR count). The quantitative estimate of drug-likeness (QED) is 0.875. The SMILES string of the molecule is O=C(CN1C(=O)CSc2ccccc21)N1CCC(NCC2CC2)CC1. The summed E-state index contributed by atoms with van der Waals surface area (Å²) >= 11 is 1.55. The highest BCUT2D eigenvalue weighted by molar-refractivity contribution is 8.00. The number of likely N-dealkylation sites (tertiary alicyclic amines) is 1.